The van der Waals surface area contributed by atoms with E-state index in [0.29, 0.717) is 6.04 Å². The molecule has 106 valence electrons. The van der Waals surface area contributed by atoms with Crippen LogP contribution in [-0.2, 0) is 0 Å². The fraction of sp³-hybridized carbons (Fsp3) is 0.692. The predicted octanol–water partition coefficient (Wildman–Crippen LogP) is 0.695. The molecule has 3 N–H and O–H groups in total. The van der Waals surface area contributed by atoms with Crippen molar-refractivity contribution in [2.75, 3.05) is 43.9 Å². The van der Waals surface area contributed by atoms with E-state index in [1.54, 1.807) is 0 Å². The molecule has 0 aliphatic carbocycles. The molecule has 1 aliphatic rings. The molecule has 19 heavy (non-hydrogen) atoms. The number of hydrogen-bond donors (Lipinski definition) is 3. The molecule has 0 radical (unpaired) electrons. The van der Waals surface area contributed by atoms with Gasteiger partial charge in [-0.1, -0.05) is 0 Å². The van der Waals surface area contributed by atoms with Gasteiger partial charge < -0.3 is 20.6 Å². The van der Waals surface area contributed by atoms with Gasteiger partial charge in [-0.3, -0.25) is 0 Å². The quantitative estimate of drug-likeness (QED) is 0.657. The Bertz CT molecular complexity index is 412. The SMILES string of the molecule is Cc1nc(NCCCO)cc(NC2CCN(C)C2)n1. The minimum atomic E-state index is 0.191. The average molecular weight is 265 g/mol. The van der Waals surface area contributed by atoms with Gasteiger partial charge in [0, 0.05) is 31.8 Å². The van der Waals surface area contributed by atoms with Crippen molar-refractivity contribution in [3.63, 3.8) is 0 Å². The number of likely N-dealkylation sites (N-methyl/N-ethyl adjacent to an activating group) is 1. The zero-order valence-electron chi connectivity index (χ0n) is 11.7. The number of anilines is 2. The predicted molar refractivity (Wildman–Crippen MR) is 76.5 cm³/mol. The van der Waals surface area contributed by atoms with Gasteiger partial charge in [-0.15, -0.1) is 0 Å². The van der Waals surface area contributed by atoms with Crippen LogP contribution < -0.4 is 10.6 Å². The minimum absolute atomic E-state index is 0.191. The lowest BCUT2D eigenvalue weighted by molar-refractivity contribution is 0.292. The molecule has 1 saturated heterocycles. The van der Waals surface area contributed by atoms with Gasteiger partial charge in [-0.05, 0) is 33.4 Å². The lowest BCUT2D eigenvalue weighted by Gasteiger charge is -2.15. The zero-order chi connectivity index (χ0) is 13.7. The summed E-state index contributed by atoms with van der Waals surface area (Å²) in [5.74, 6) is 2.44. The molecule has 0 saturated carbocycles. The van der Waals surface area contributed by atoms with Crippen LogP contribution in [0.1, 0.15) is 18.7 Å². The Kier molecular flexibility index (Phi) is 4.93. The van der Waals surface area contributed by atoms with Crippen molar-refractivity contribution in [3.8, 4) is 0 Å². The van der Waals surface area contributed by atoms with E-state index < -0.39 is 0 Å². The third-order valence-electron chi connectivity index (χ3n) is 3.22. The van der Waals surface area contributed by atoms with Crippen molar-refractivity contribution in [1.82, 2.24) is 14.9 Å². The van der Waals surface area contributed by atoms with Crippen LogP contribution in [0, 0.1) is 6.92 Å². The summed E-state index contributed by atoms with van der Waals surface area (Å²) in [6.07, 6.45) is 1.87. The van der Waals surface area contributed by atoms with Crippen LogP contribution in [0.3, 0.4) is 0 Å². The summed E-state index contributed by atoms with van der Waals surface area (Å²) in [6.45, 7) is 4.98. The van der Waals surface area contributed by atoms with E-state index in [9.17, 15) is 0 Å². The van der Waals surface area contributed by atoms with Gasteiger partial charge in [-0.2, -0.15) is 0 Å². The van der Waals surface area contributed by atoms with Crippen molar-refractivity contribution < 1.29 is 5.11 Å². The number of aliphatic hydroxyl groups excluding tert-OH is 1. The van der Waals surface area contributed by atoms with E-state index in [1.165, 1.54) is 0 Å². The lowest BCUT2D eigenvalue weighted by Crippen LogP contribution is -2.24. The Morgan fingerprint density at radius 2 is 2.21 bits per heavy atom. The minimum Gasteiger partial charge on any atom is -0.396 e. The summed E-state index contributed by atoms with van der Waals surface area (Å²) in [5.41, 5.74) is 0. The molecular formula is C13H23N5O. The Morgan fingerprint density at radius 3 is 2.89 bits per heavy atom. The van der Waals surface area contributed by atoms with Gasteiger partial charge in [0.05, 0.1) is 0 Å². The van der Waals surface area contributed by atoms with Crippen LogP contribution in [0.15, 0.2) is 6.07 Å². The van der Waals surface area contributed by atoms with E-state index in [4.69, 9.17) is 5.11 Å². The topological polar surface area (TPSA) is 73.3 Å². The maximum atomic E-state index is 8.78. The molecular weight excluding hydrogens is 242 g/mol. The summed E-state index contributed by atoms with van der Waals surface area (Å²) in [6, 6.07) is 2.40. The maximum Gasteiger partial charge on any atom is 0.132 e. The molecule has 1 atom stereocenters. The van der Waals surface area contributed by atoms with Crippen molar-refractivity contribution in [2.45, 2.75) is 25.8 Å². The van der Waals surface area contributed by atoms with Crippen molar-refractivity contribution in [3.05, 3.63) is 11.9 Å². The molecule has 2 heterocycles. The molecule has 6 heteroatoms. The third kappa shape index (κ3) is 4.33. The van der Waals surface area contributed by atoms with Crippen LogP contribution in [0.25, 0.3) is 0 Å². The lowest BCUT2D eigenvalue weighted by atomic mass is 10.2. The van der Waals surface area contributed by atoms with E-state index in [-0.39, 0.29) is 6.61 Å². The summed E-state index contributed by atoms with van der Waals surface area (Å²) < 4.78 is 0. The first kappa shape index (κ1) is 14.0. The van der Waals surface area contributed by atoms with Gasteiger partial charge >= 0.3 is 0 Å². The third-order valence-corrected chi connectivity index (χ3v) is 3.22. The van der Waals surface area contributed by atoms with Crippen LogP contribution in [0.5, 0.6) is 0 Å². The van der Waals surface area contributed by atoms with Crippen LogP contribution in [0.4, 0.5) is 11.6 Å². The number of nitrogens with zero attached hydrogens (tertiary/aromatic N) is 3. The molecule has 0 amide bonds. The molecule has 0 bridgehead atoms. The second-order valence-corrected chi connectivity index (χ2v) is 5.08. The summed E-state index contributed by atoms with van der Waals surface area (Å²) in [7, 11) is 2.13. The molecule has 0 aromatic carbocycles. The zero-order valence-corrected chi connectivity index (χ0v) is 11.7. The smallest absolute Gasteiger partial charge is 0.132 e. The number of hydrogen-bond acceptors (Lipinski definition) is 6. The van der Waals surface area contributed by atoms with Crippen LogP contribution in [-0.4, -0.2) is 59.3 Å². The van der Waals surface area contributed by atoms with E-state index >= 15 is 0 Å². The summed E-state index contributed by atoms with van der Waals surface area (Å²) >= 11 is 0. The van der Waals surface area contributed by atoms with E-state index in [2.05, 4.69) is 32.5 Å². The number of likely N-dealkylation sites (tertiary alicyclic amines) is 1. The highest BCUT2D eigenvalue weighted by Gasteiger charge is 2.19. The highest BCUT2D eigenvalue weighted by atomic mass is 16.3. The number of aromatic nitrogens is 2. The van der Waals surface area contributed by atoms with Gasteiger partial charge in [0.1, 0.15) is 17.5 Å². The highest BCUT2D eigenvalue weighted by Crippen LogP contribution is 2.16. The van der Waals surface area contributed by atoms with Gasteiger partial charge in [0.2, 0.25) is 0 Å². The number of aryl methyl sites for hydroxylation is 1. The Morgan fingerprint density at radius 1 is 1.42 bits per heavy atom. The molecule has 1 aromatic rings. The normalized spacial score (nSPS) is 19.6. The first-order valence-corrected chi connectivity index (χ1v) is 6.83. The van der Waals surface area contributed by atoms with Gasteiger partial charge in [-0.25, -0.2) is 9.97 Å². The Hall–Kier alpha value is -1.40. The fourth-order valence-electron chi connectivity index (χ4n) is 2.29. The van der Waals surface area contributed by atoms with Crippen LogP contribution in [0.2, 0.25) is 0 Å². The first-order valence-electron chi connectivity index (χ1n) is 6.83. The largest absolute Gasteiger partial charge is 0.396 e. The number of rotatable bonds is 6. The molecule has 1 aliphatic heterocycles. The standard InChI is InChI=1S/C13H23N5O/c1-10-15-12(14-5-3-7-19)8-13(16-10)17-11-4-6-18(2)9-11/h8,11,19H,3-7,9H2,1-2H3,(H2,14,15,16,17). The average Bonchev–Trinajstić information content (AvgIpc) is 2.74. The number of aliphatic hydroxyl groups is 1. The Balaban J connectivity index is 1.95. The van der Waals surface area contributed by atoms with Crippen molar-refractivity contribution in [1.29, 1.82) is 0 Å². The maximum absolute atomic E-state index is 8.78. The molecule has 1 unspecified atom stereocenters. The van der Waals surface area contributed by atoms with Gasteiger partial charge in [0.25, 0.3) is 0 Å². The molecule has 1 fully saturated rings. The number of nitrogens with one attached hydrogen (secondary N) is 2. The highest BCUT2D eigenvalue weighted by molar-refractivity contribution is 5.48. The second-order valence-electron chi connectivity index (χ2n) is 5.08. The molecule has 1 aromatic heterocycles. The van der Waals surface area contributed by atoms with Crippen LogP contribution >= 0.6 is 0 Å². The first-order chi connectivity index (χ1) is 9.17. The summed E-state index contributed by atoms with van der Waals surface area (Å²) in [4.78, 5) is 11.1. The van der Waals surface area contributed by atoms with E-state index in [1.807, 2.05) is 13.0 Å². The molecule has 6 nitrogen and oxygen atoms in total. The summed E-state index contributed by atoms with van der Waals surface area (Å²) in [5, 5.41) is 15.4. The van der Waals surface area contributed by atoms with Crippen molar-refractivity contribution >= 4 is 11.6 Å². The van der Waals surface area contributed by atoms with Gasteiger partial charge in [0.15, 0.2) is 0 Å². The Labute approximate surface area is 114 Å². The molecule has 0 spiro atoms. The monoisotopic (exact) mass is 265 g/mol. The van der Waals surface area contributed by atoms with Crippen molar-refractivity contribution in [2.24, 2.45) is 0 Å². The van der Waals surface area contributed by atoms with E-state index in [0.717, 1.165) is 49.9 Å². The second kappa shape index (κ2) is 6.68. The fourth-order valence-corrected chi connectivity index (χ4v) is 2.29. The molecule has 2 rings (SSSR count).